The molecule has 0 aliphatic carbocycles. The van der Waals surface area contributed by atoms with Crippen molar-refractivity contribution < 1.29 is 19.8 Å². The Hall–Kier alpha value is -0.320. The Kier molecular flexibility index (Phi) is 21.5. The molecule has 2 N–H and O–H groups in total. The fourth-order valence-corrected chi connectivity index (χ4v) is 2.90. The maximum atomic E-state index is 10.9. The summed E-state index contributed by atoms with van der Waals surface area (Å²) in [7, 11) is 0. The first kappa shape index (κ1) is 26.9. The van der Waals surface area contributed by atoms with Crippen LogP contribution in [0.5, 0.6) is 0 Å². The van der Waals surface area contributed by atoms with Gasteiger partial charge < -0.3 is 10.2 Å². The van der Waals surface area contributed by atoms with Gasteiger partial charge in [-0.25, -0.2) is 9.59 Å². The van der Waals surface area contributed by atoms with Gasteiger partial charge in [-0.1, -0.05) is 90.4 Å². The molecule has 0 bridgehead atoms. The monoisotopic (exact) mass is 364 g/mol. The second-order valence-electron chi connectivity index (χ2n) is 6.66. The average molecular weight is 365 g/mol. The quantitative estimate of drug-likeness (QED) is 0.208. The van der Waals surface area contributed by atoms with E-state index in [1.165, 1.54) is 70.6 Å². The molecule has 0 aromatic rings. The molecular formula is C20H37NaO4. The van der Waals surface area contributed by atoms with Gasteiger partial charge in [-0.05, 0) is 12.8 Å². The van der Waals surface area contributed by atoms with E-state index in [1.807, 2.05) is 0 Å². The molecule has 0 aliphatic heterocycles. The Labute approximate surface area is 175 Å². The first-order valence-electron chi connectivity index (χ1n) is 9.74. The van der Waals surface area contributed by atoms with E-state index in [-0.39, 0.29) is 35.1 Å². The summed E-state index contributed by atoms with van der Waals surface area (Å²) in [5, 5.41) is 17.5. The Bertz CT molecular complexity index is 367. The van der Waals surface area contributed by atoms with Gasteiger partial charge in [0.1, 0.15) is 0 Å². The van der Waals surface area contributed by atoms with Crippen molar-refractivity contribution in [2.45, 2.75) is 103 Å². The first-order chi connectivity index (χ1) is 11.6. The van der Waals surface area contributed by atoms with Crippen LogP contribution in [-0.2, 0) is 9.59 Å². The molecule has 0 aromatic heterocycles. The summed E-state index contributed by atoms with van der Waals surface area (Å²) in [6.07, 6.45) is 18.7. The van der Waals surface area contributed by atoms with Crippen LogP contribution in [0.3, 0.4) is 0 Å². The summed E-state index contributed by atoms with van der Waals surface area (Å²) in [4.78, 5) is 21.4. The van der Waals surface area contributed by atoms with Gasteiger partial charge in [0.05, 0.1) is 0 Å². The van der Waals surface area contributed by atoms with E-state index >= 15 is 0 Å². The minimum atomic E-state index is -1.18. The molecule has 0 spiro atoms. The summed E-state index contributed by atoms with van der Waals surface area (Å²) in [5.74, 6) is -2.30. The van der Waals surface area contributed by atoms with Crippen molar-refractivity contribution in [3.63, 3.8) is 0 Å². The second-order valence-corrected chi connectivity index (χ2v) is 6.66. The summed E-state index contributed by atoms with van der Waals surface area (Å²) in [6.45, 7) is 2.25. The molecule has 0 heterocycles. The van der Waals surface area contributed by atoms with Crippen molar-refractivity contribution in [1.29, 1.82) is 0 Å². The molecule has 0 amide bonds. The minimum absolute atomic E-state index is 0. The van der Waals surface area contributed by atoms with Crippen molar-refractivity contribution in [3.05, 3.63) is 11.6 Å². The Morgan fingerprint density at radius 2 is 1.04 bits per heavy atom. The Morgan fingerprint density at radius 1 is 0.680 bits per heavy atom. The van der Waals surface area contributed by atoms with E-state index in [2.05, 4.69) is 6.92 Å². The van der Waals surface area contributed by atoms with Crippen LogP contribution < -0.4 is 0 Å². The maximum absolute atomic E-state index is 10.9. The molecule has 0 radical (unpaired) electrons. The van der Waals surface area contributed by atoms with Crippen molar-refractivity contribution in [2.75, 3.05) is 0 Å². The van der Waals surface area contributed by atoms with E-state index in [4.69, 9.17) is 10.2 Å². The van der Waals surface area contributed by atoms with Gasteiger partial charge in [0.25, 0.3) is 0 Å². The molecule has 0 saturated carbocycles. The number of hydrogen-bond acceptors (Lipinski definition) is 2. The zero-order chi connectivity index (χ0) is 18.0. The molecule has 0 unspecified atom stereocenters. The summed E-state index contributed by atoms with van der Waals surface area (Å²) < 4.78 is 0. The zero-order valence-corrected chi connectivity index (χ0v) is 15.4. The third-order valence-electron chi connectivity index (χ3n) is 4.37. The predicted molar refractivity (Wildman–Crippen MR) is 105 cm³/mol. The fraction of sp³-hybridized carbons (Fsp3) is 0.800. The van der Waals surface area contributed by atoms with Crippen LogP contribution in [0.15, 0.2) is 11.6 Å². The zero-order valence-electron chi connectivity index (χ0n) is 15.4. The van der Waals surface area contributed by atoms with Crippen molar-refractivity contribution in [3.8, 4) is 0 Å². The molecule has 0 aliphatic rings. The number of carboxylic acids is 2. The topological polar surface area (TPSA) is 74.6 Å². The van der Waals surface area contributed by atoms with E-state index < -0.39 is 11.9 Å². The van der Waals surface area contributed by atoms with Gasteiger partial charge in [0.15, 0.2) is 0 Å². The molecule has 142 valence electrons. The summed E-state index contributed by atoms with van der Waals surface area (Å²) in [6, 6.07) is 0. The van der Waals surface area contributed by atoms with Gasteiger partial charge in [0, 0.05) is 11.6 Å². The van der Waals surface area contributed by atoms with Crippen LogP contribution in [0.1, 0.15) is 103 Å². The van der Waals surface area contributed by atoms with Gasteiger partial charge in [0.2, 0.25) is 0 Å². The Balaban J connectivity index is 0. The van der Waals surface area contributed by atoms with E-state index in [1.54, 1.807) is 0 Å². The molecule has 0 aromatic carbocycles. The summed E-state index contributed by atoms with van der Waals surface area (Å²) >= 11 is 0. The number of unbranched alkanes of at least 4 members (excludes halogenated alkanes) is 13. The van der Waals surface area contributed by atoms with Crippen LogP contribution >= 0.6 is 0 Å². The van der Waals surface area contributed by atoms with Crippen molar-refractivity contribution in [2.24, 2.45) is 0 Å². The molecule has 0 fully saturated rings. The standard InChI is InChI=1S/C20H36O4.Na.H/c1-2-3-4-5-6-7-8-9-10-11-12-13-14-15-16-18(20(23)24)17-19(21)22;;/h17H,2-16H2,1H3,(H,21,22)(H,23,24);;. The third-order valence-corrected chi connectivity index (χ3v) is 4.37. The number of rotatable bonds is 17. The van der Waals surface area contributed by atoms with Gasteiger partial charge in [-0.15, -0.1) is 0 Å². The molecular weight excluding hydrogens is 327 g/mol. The normalized spacial score (nSPS) is 11.2. The van der Waals surface area contributed by atoms with Crippen LogP contribution in [0.25, 0.3) is 0 Å². The van der Waals surface area contributed by atoms with E-state index in [9.17, 15) is 9.59 Å². The predicted octanol–water partition coefficient (Wildman–Crippen LogP) is 5.30. The molecule has 5 heteroatoms. The fourth-order valence-electron chi connectivity index (χ4n) is 2.90. The first-order valence-corrected chi connectivity index (χ1v) is 9.74. The van der Waals surface area contributed by atoms with Gasteiger partial charge >= 0.3 is 41.5 Å². The third kappa shape index (κ3) is 19.8. The number of carboxylic acid groups (broad SMARTS) is 2. The second kappa shape index (κ2) is 20.0. The van der Waals surface area contributed by atoms with Crippen LogP contribution in [-0.4, -0.2) is 51.7 Å². The molecule has 4 nitrogen and oxygen atoms in total. The van der Waals surface area contributed by atoms with Crippen LogP contribution in [0, 0.1) is 0 Å². The average Bonchev–Trinajstić information content (AvgIpc) is 2.53. The van der Waals surface area contributed by atoms with Gasteiger partial charge in [-0.2, -0.15) is 0 Å². The van der Waals surface area contributed by atoms with Crippen LogP contribution in [0.2, 0.25) is 0 Å². The van der Waals surface area contributed by atoms with Gasteiger partial charge in [-0.3, -0.25) is 0 Å². The number of carbonyl (C=O) groups is 2. The Morgan fingerprint density at radius 3 is 1.36 bits per heavy atom. The molecule has 0 atom stereocenters. The van der Waals surface area contributed by atoms with Crippen molar-refractivity contribution >= 4 is 41.5 Å². The van der Waals surface area contributed by atoms with E-state index in [0.29, 0.717) is 6.42 Å². The van der Waals surface area contributed by atoms with E-state index in [0.717, 1.165) is 25.3 Å². The number of aliphatic carboxylic acids is 2. The molecule has 0 rings (SSSR count). The molecule has 0 saturated heterocycles. The van der Waals surface area contributed by atoms with Crippen LogP contribution in [0.4, 0.5) is 0 Å². The number of hydrogen-bond donors (Lipinski definition) is 2. The molecule has 25 heavy (non-hydrogen) atoms. The summed E-state index contributed by atoms with van der Waals surface area (Å²) in [5.41, 5.74) is 0.00133. The SMILES string of the molecule is CCCCCCCCCCCCCCCCC(=CC(=O)O)C(=O)O.[NaH]. The van der Waals surface area contributed by atoms with Crippen molar-refractivity contribution in [1.82, 2.24) is 0 Å².